The van der Waals surface area contributed by atoms with Gasteiger partial charge in [0.15, 0.2) is 0 Å². The summed E-state index contributed by atoms with van der Waals surface area (Å²) in [6.07, 6.45) is 0. The number of hydrogen-bond donors (Lipinski definition) is 4. The molecule has 10 nitrogen and oxygen atoms in total. The van der Waals surface area contributed by atoms with Crippen LogP contribution in [0.25, 0.3) is 0 Å². The van der Waals surface area contributed by atoms with Gasteiger partial charge in [0.25, 0.3) is 0 Å². The van der Waals surface area contributed by atoms with Gasteiger partial charge >= 0.3 is 31.1 Å². The Morgan fingerprint density at radius 3 is 1.00 bits per heavy atom. The first-order valence-electron chi connectivity index (χ1n) is 1.37. The molecule has 12 heavy (non-hydrogen) atoms. The zero-order chi connectivity index (χ0) is 9.00. The molecule has 0 heterocycles. The molecule has 80 valence electrons. The van der Waals surface area contributed by atoms with E-state index in [1.807, 2.05) is 0 Å². The topological polar surface area (TPSA) is 228 Å². The van der Waals surface area contributed by atoms with Gasteiger partial charge in [-0.25, -0.2) is 0 Å². The van der Waals surface area contributed by atoms with E-state index in [0.29, 0.717) is 0 Å². The summed E-state index contributed by atoms with van der Waals surface area (Å²) in [6, 6.07) is 0. The van der Waals surface area contributed by atoms with Crippen LogP contribution in [0, 0.1) is 0 Å². The molecule has 0 bridgehead atoms. The van der Waals surface area contributed by atoms with Crippen LogP contribution in [0.5, 0.6) is 0 Å². The van der Waals surface area contributed by atoms with Crippen molar-refractivity contribution in [3.8, 4) is 0 Å². The second kappa shape index (κ2) is 7.64. The van der Waals surface area contributed by atoms with Crippen molar-refractivity contribution in [1.82, 2.24) is 12.3 Å². The van der Waals surface area contributed by atoms with E-state index in [1.54, 1.807) is 0 Å². The third-order valence-corrected chi connectivity index (χ3v) is 0. The summed E-state index contributed by atoms with van der Waals surface area (Å²) in [4.78, 5) is 0. The molecule has 0 aliphatic rings. The molecule has 0 spiro atoms. The first kappa shape index (κ1) is 22.7. The monoisotopic (exact) mass is 296 g/mol. The fourth-order valence-corrected chi connectivity index (χ4v) is 0. The molecule has 0 saturated carbocycles. The van der Waals surface area contributed by atoms with E-state index in [0.717, 1.165) is 0 Å². The van der Waals surface area contributed by atoms with Crippen LogP contribution in [-0.2, 0) is 33.9 Å². The van der Waals surface area contributed by atoms with E-state index in [1.165, 1.54) is 0 Å². The Bertz CT molecular complexity index is 213. The second-order valence-corrected chi connectivity index (χ2v) is 3.87. The van der Waals surface area contributed by atoms with Crippen molar-refractivity contribution in [3.05, 3.63) is 0 Å². The standard InChI is InChI=1S/Mo.2H3N.H2O4S.2H2O.2O/c;;;1-5(2,3)4;;;;/h;2*1H3;(H2,1,2,3,4);2*1H2;;/q+2;;;;;;;/p-2. The molecule has 0 saturated heterocycles. The van der Waals surface area contributed by atoms with Gasteiger partial charge in [-0.15, -0.1) is 0 Å². The van der Waals surface area contributed by atoms with Crippen LogP contribution in [0.4, 0.5) is 0 Å². The molecule has 0 aromatic rings. The SMILES string of the molecule is O=S(=O)([O-])[O-].[NH4+].[NH4+].[O]=[Mo](=[O])([OH])[OH]. The molecule has 0 aromatic heterocycles. The van der Waals surface area contributed by atoms with Crippen molar-refractivity contribution in [2.75, 3.05) is 0 Å². The molecule has 0 amide bonds. The van der Waals surface area contributed by atoms with E-state index in [4.69, 9.17) is 31.8 Å². The van der Waals surface area contributed by atoms with Crippen LogP contribution >= 0.6 is 0 Å². The quantitative estimate of drug-likeness (QED) is 0.222. The summed E-state index contributed by atoms with van der Waals surface area (Å²) < 4.78 is 66.1. The van der Waals surface area contributed by atoms with E-state index in [-0.39, 0.29) is 12.3 Å². The Balaban J connectivity index is -0.0000000457. The third kappa shape index (κ3) is 284000000. The zero-order valence-electron chi connectivity index (χ0n) is 6.16. The predicted molar refractivity (Wildman–Crippen MR) is 28.3 cm³/mol. The van der Waals surface area contributed by atoms with Crippen molar-refractivity contribution in [2.45, 2.75) is 0 Å². The minimum absolute atomic E-state index is 0. The van der Waals surface area contributed by atoms with E-state index in [9.17, 15) is 0 Å². The van der Waals surface area contributed by atoms with Crippen LogP contribution in [0.15, 0.2) is 0 Å². The summed E-state index contributed by atoms with van der Waals surface area (Å²) in [7, 11) is -5.17. The number of rotatable bonds is 0. The Morgan fingerprint density at radius 1 is 1.00 bits per heavy atom. The molecule has 12 heteroatoms. The summed E-state index contributed by atoms with van der Waals surface area (Å²) in [5.74, 6) is 0. The van der Waals surface area contributed by atoms with Gasteiger partial charge < -0.3 is 21.4 Å². The van der Waals surface area contributed by atoms with Crippen molar-refractivity contribution in [1.29, 1.82) is 0 Å². The second-order valence-electron chi connectivity index (χ2n) is 0.856. The molecule has 0 rings (SSSR count). The summed E-state index contributed by atoms with van der Waals surface area (Å²) in [5, 5.41) is 0. The molecule has 0 aromatic carbocycles. The molecular weight excluding hydrogens is 284 g/mol. The Hall–Kier alpha value is -0.00169. The Labute approximate surface area is 71.7 Å². The van der Waals surface area contributed by atoms with Crippen LogP contribution in [-0.4, -0.2) is 25.0 Å². The number of hydrogen-bond acceptors (Lipinski definition) is 6. The first-order valence-corrected chi connectivity index (χ1v) is 6.13. The van der Waals surface area contributed by atoms with Gasteiger partial charge in [0.2, 0.25) is 0 Å². The normalized spacial score (nSPS) is 9.67. The summed E-state index contributed by atoms with van der Waals surface area (Å²) in [6.45, 7) is 0. The van der Waals surface area contributed by atoms with Crippen molar-refractivity contribution in [2.24, 2.45) is 0 Å². The molecular formula is H10MoN2O8S. The van der Waals surface area contributed by atoms with Crippen molar-refractivity contribution >= 4 is 10.4 Å². The molecule has 0 unspecified atom stereocenters. The molecule has 0 fully saturated rings. The van der Waals surface area contributed by atoms with Crippen molar-refractivity contribution < 1.29 is 48.6 Å². The van der Waals surface area contributed by atoms with Gasteiger partial charge in [-0.2, -0.15) is 0 Å². The van der Waals surface area contributed by atoms with Crippen LogP contribution < -0.4 is 12.3 Å². The Morgan fingerprint density at radius 2 is 1.00 bits per heavy atom. The van der Waals surface area contributed by atoms with E-state index in [2.05, 4.69) is 0 Å². The molecule has 10 N–H and O–H groups in total. The van der Waals surface area contributed by atoms with Crippen LogP contribution in [0.1, 0.15) is 0 Å². The first-order chi connectivity index (χ1) is 4.00. The number of quaternary nitrogens is 2. The van der Waals surface area contributed by atoms with Gasteiger partial charge in [0, 0.05) is 10.4 Å². The van der Waals surface area contributed by atoms with Gasteiger partial charge in [-0.3, -0.25) is 8.42 Å². The Kier molecular flexibility index (Phi) is 14.4. The zero-order valence-corrected chi connectivity index (χ0v) is 8.98. The fourth-order valence-electron chi connectivity index (χ4n) is 0. The molecule has 0 aliphatic heterocycles. The fraction of sp³-hybridized carbons (Fsp3) is 0. The maximum atomic E-state index is 8.85. The average molecular weight is 294 g/mol. The molecule has 0 radical (unpaired) electrons. The maximum absolute atomic E-state index is 8.85. The summed E-state index contributed by atoms with van der Waals surface area (Å²) in [5.41, 5.74) is 0. The summed E-state index contributed by atoms with van der Waals surface area (Å²) >= 11 is -5.52. The van der Waals surface area contributed by atoms with Gasteiger partial charge in [-0.1, -0.05) is 0 Å². The minimum atomic E-state index is -5.52. The van der Waals surface area contributed by atoms with Gasteiger partial charge in [-0.05, 0) is 0 Å². The third-order valence-electron chi connectivity index (χ3n) is 0. The van der Waals surface area contributed by atoms with Crippen LogP contribution in [0.2, 0.25) is 0 Å². The van der Waals surface area contributed by atoms with Gasteiger partial charge in [0.05, 0.1) is 0 Å². The average Bonchev–Trinajstić information content (AvgIpc) is 1.12. The van der Waals surface area contributed by atoms with Crippen molar-refractivity contribution in [3.63, 3.8) is 0 Å². The molecule has 0 atom stereocenters. The van der Waals surface area contributed by atoms with Crippen LogP contribution in [0.3, 0.4) is 0 Å². The molecule has 0 aliphatic carbocycles. The van der Waals surface area contributed by atoms with E-state index < -0.39 is 27.1 Å². The predicted octanol–water partition coefficient (Wildman–Crippen LogP) is -1.94. The van der Waals surface area contributed by atoms with E-state index >= 15 is 0 Å². The van der Waals surface area contributed by atoms with Gasteiger partial charge in [0.1, 0.15) is 0 Å².